The average Bonchev–Trinajstić information content (AvgIpc) is 3.16. The lowest BCUT2D eigenvalue weighted by molar-refractivity contribution is 0.429. The number of hydrogen-bond donors (Lipinski definition) is 1. The van der Waals surface area contributed by atoms with E-state index in [1.165, 1.54) is 13.0 Å². The Hall–Kier alpha value is -2.89. The normalized spacial score (nSPS) is 9.04. The Labute approximate surface area is 152 Å². The molecule has 0 aliphatic heterocycles. The third-order valence-electron chi connectivity index (χ3n) is 2.46. The summed E-state index contributed by atoms with van der Waals surface area (Å²) >= 11 is 0. The van der Waals surface area contributed by atoms with Gasteiger partial charge in [-0.1, -0.05) is 69.9 Å². The predicted molar refractivity (Wildman–Crippen MR) is 109 cm³/mol. The fourth-order valence-electron chi connectivity index (χ4n) is 1.43. The van der Waals surface area contributed by atoms with Gasteiger partial charge in [-0.2, -0.15) is 0 Å². The Morgan fingerprint density at radius 1 is 1.12 bits per heavy atom. The van der Waals surface area contributed by atoms with Crippen molar-refractivity contribution in [3.8, 4) is 11.5 Å². The Morgan fingerprint density at radius 2 is 1.68 bits per heavy atom. The standard InChI is InChI=1S/C12H12N4O.C4H6.C2H6.CH3B/c1-3-8(4-2)9-7-10(17-16-9)11-12(13)15-6-5-14-11;1-3-4-2;2*1-2/h3-7H,1H2,2H3,(H2,13,15);3-4H,1-2H2;1-2H3;1H3/b8-4+;;;. The maximum Gasteiger partial charge on any atom is 0.189 e. The van der Waals surface area contributed by atoms with E-state index in [4.69, 9.17) is 10.3 Å². The number of nitrogen functional groups attached to an aromatic ring is 1. The Morgan fingerprint density at radius 3 is 2.12 bits per heavy atom. The van der Waals surface area contributed by atoms with E-state index in [0.717, 1.165) is 5.57 Å². The largest absolute Gasteiger partial charge is 0.382 e. The van der Waals surface area contributed by atoms with Crippen molar-refractivity contribution in [2.24, 2.45) is 0 Å². The maximum absolute atomic E-state index is 5.71. The molecular formula is C19H27BN4O. The van der Waals surface area contributed by atoms with E-state index < -0.39 is 0 Å². The quantitative estimate of drug-likeness (QED) is 0.634. The molecule has 5 nitrogen and oxygen atoms in total. The van der Waals surface area contributed by atoms with Crippen molar-refractivity contribution in [3.63, 3.8) is 0 Å². The molecule has 2 rings (SSSR count). The van der Waals surface area contributed by atoms with Gasteiger partial charge in [0.05, 0.1) is 7.85 Å². The van der Waals surface area contributed by atoms with Gasteiger partial charge in [-0.05, 0) is 12.5 Å². The van der Waals surface area contributed by atoms with Crippen LogP contribution in [0, 0.1) is 0 Å². The molecule has 2 aromatic heterocycles. The molecule has 0 bridgehead atoms. The highest BCUT2D eigenvalue weighted by molar-refractivity contribution is 6.05. The predicted octanol–water partition coefficient (Wildman–Crippen LogP) is 4.89. The third kappa shape index (κ3) is 8.51. The lowest BCUT2D eigenvalue weighted by Crippen LogP contribution is -1.94. The lowest BCUT2D eigenvalue weighted by atomic mass is 10.1. The van der Waals surface area contributed by atoms with Crippen LogP contribution >= 0.6 is 0 Å². The second-order valence-corrected chi connectivity index (χ2v) is 3.79. The van der Waals surface area contributed by atoms with Crippen LogP contribution in [-0.4, -0.2) is 23.0 Å². The molecule has 2 N–H and O–H groups in total. The minimum atomic E-state index is 0.316. The summed E-state index contributed by atoms with van der Waals surface area (Å²) in [6.07, 6.45) is 9.96. The van der Waals surface area contributed by atoms with Crippen molar-refractivity contribution in [2.45, 2.75) is 27.6 Å². The van der Waals surface area contributed by atoms with Gasteiger partial charge in [-0.3, -0.25) is 0 Å². The summed E-state index contributed by atoms with van der Waals surface area (Å²) in [5.74, 6) is 0.808. The van der Waals surface area contributed by atoms with Crippen molar-refractivity contribution in [1.29, 1.82) is 0 Å². The first kappa shape index (κ1) is 24.4. The summed E-state index contributed by atoms with van der Waals surface area (Å²) in [6, 6.07) is 1.76. The number of rotatable bonds is 4. The van der Waals surface area contributed by atoms with Gasteiger partial charge in [0.1, 0.15) is 5.69 Å². The fourth-order valence-corrected chi connectivity index (χ4v) is 1.43. The minimum Gasteiger partial charge on any atom is -0.382 e. The van der Waals surface area contributed by atoms with Crippen molar-refractivity contribution in [3.05, 3.63) is 68.2 Å². The lowest BCUT2D eigenvalue weighted by Gasteiger charge is -1.96. The summed E-state index contributed by atoms with van der Waals surface area (Å²) in [4.78, 5) is 8.05. The third-order valence-corrected chi connectivity index (χ3v) is 2.46. The molecule has 0 aliphatic rings. The molecule has 0 fully saturated rings. The molecule has 0 aromatic carbocycles. The molecular weight excluding hydrogens is 311 g/mol. The first-order valence-corrected chi connectivity index (χ1v) is 7.81. The minimum absolute atomic E-state index is 0.316. The number of anilines is 1. The summed E-state index contributed by atoms with van der Waals surface area (Å²) < 4.78 is 5.20. The number of hydrogen-bond acceptors (Lipinski definition) is 5. The maximum atomic E-state index is 5.71. The molecule has 0 unspecified atom stereocenters. The van der Waals surface area contributed by atoms with E-state index in [1.54, 1.807) is 30.5 Å². The van der Waals surface area contributed by atoms with Crippen molar-refractivity contribution >= 4 is 19.2 Å². The summed E-state index contributed by atoms with van der Waals surface area (Å²) in [5.41, 5.74) is 7.79. The molecule has 0 spiro atoms. The van der Waals surface area contributed by atoms with Gasteiger partial charge < -0.3 is 10.3 Å². The molecule has 2 heterocycles. The summed E-state index contributed by atoms with van der Waals surface area (Å²) in [6.45, 7) is 17.8. The van der Waals surface area contributed by atoms with Crippen LogP contribution in [0.15, 0.2) is 67.0 Å². The van der Waals surface area contributed by atoms with Crippen LogP contribution in [0.3, 0.4) is 0 Å². The van der Waals surface area contributed by atoms with E-state index in [9.17, 15) is 0 Å². The van der Waals surface area contributed by atoms with Gasteiger partial charge in [0.25, 0.3) is 0 Å². The Balaban J connectivity index is 0. The van der Waals surface area contributed by atoms with Crippen LogP contribution in [0.1, 0.15) is 26.5 Å². The van der Waals surface area contributed by atoms with Crippen molar-refractivity contribution in [1.82, 2.24) is 15.1 Å². The van der Waals surface area contributed by atoms with Gasteiger partial charge in [-0.25, -0.2) is 9.97 Å². The first-order chi connectivity index (χ1) is 12.2. The average molecular weight is 338 g/mol. The highest BCUT2D eigenvalue weighted by atomic mass is 16.5. The Bertz CT molecular complexity index is 657. The highest BCUT2D eigenvalue weighted by Gasteiger charge is 2.12. The van der Waals surface area contributed by atoms with Crippen LogP contribution in [-0.2, 0) is 0 Å². The monoisotopic (exact) mass is 338 g/mol. The summed E-state index contributed by atoms with van der Waals surface area (Å²) in [7, 11) is 4.50. The second kappa shape index (κ2) is 16.0. The first-order valence-electron chi connectivity index (χ1n) is 7.81. The Kier molecular flexibility index (Phi) is 15.6. The second-order valence-electron chi connectivity index (χ2n) is 3.79. The molecule has 2 radical (unpaired) electrons. The van der Waals surface area contributed by atoms with Crippen LogP contribution < -0.4 is 5.73 Å². The molecule has 0 aliphatic carbocycles. The van der Waals surface area contributed by atoms with Crippen LogP contribution in [0.4, 0.5) is 5.82 Å². The molecule has 132 valence electrons. The van der Waals surface area contributed by atoms with Gasteiger partial charge in [0.2, 0.25) is 0 Å². The topological polar surface area (TPSA) is 77.8 Å². The molecule has 2 aromatic rings. The van der Waals surface area contributed by atoms with Crippen molar-refractivity contribution in [2.75, 3.05) is 5.73 Å². The van der Waals surface area contributed by atoms with E-state index in [0.29, 0.717) is 23.0 Å². The summed E-state index contributed by atoms with van der Waals surface area (Å²) in [5, 5.41) is 3.94. The molecule has 25 heavy (non-hydrogen) atoms. The van der Waals surface area contributed by atoms with E-state index in [-0.39, 0.29) is 0 Å². The van der Waals surface area contributed by atoms with Gasteiger partial charge in [-0.15, -0.1) is 0 Å². The highest BCUT2D eigenvalue weighted by Crippen LogP contribution is 2.25. The van der Waals surface area contributed by atoms with Gasteiger partial charge in [0.15, 0.2) is 17.3 Å². The SMILES string of the molecule is C=C/C(=C\C)c1cc(-c2nccnc2N)on1.C=CC=C.CC.[B]C. The van der Waals surface area contributed by atoms with Crippen molar-refractivity contribution < 1.29 is 4.52 Å². The number of aromatic nitrogens is 3. The van der Waals surface area contributed by atoms with Crippen LogP contribution in [0.25, 0.3) is 17.0 Å². The smallest absolute Gasteiger partial charge is 0.189 e. The van der Waals surface area contributed by atoms with Gasteiger partial charge in [0, 0.05) is 18.5 Å². The van der Waals surface area contributed by atoms with E-state index in [2.05, 4.69) is 42.7 Å². The number of nitrogens with two attached hydrogens (primary N) is 1. The number of allylic oxidation sites excluding steroid dienone is 5. The fraction of sp³-hybridized carbons (Fsp3) is 0.211. The van der Waals surface area contributed by atoms with Crippen LogP contribution in [0.5, 0.6) is 0 Å². The zero-order valence-electron chi connectivity index (χ0n) is 15.6. The molecule has 0 amide bonds. The number of nitrogens with zero attached hydrogens (tertiary/aromatic N) is 3. The van der Waals surface area contributed by atoms with Crippen LogP contribution in [0.2, 0.25) is 6.82 Å². The molecule has 0 atom stereocenters. The molecule has 6 heteroatoms. The van der Waals surface area contributed by atoms with Gasteiger partial charge >= 0.3 is 0 Å². The zero-order chi connectivity index (χ0) is 19.7. The molecule has 0 saturated heterocycles. The van der Waals surface area contributed by atoms with E-state index >= 15 is 0 Å². The van der Waals surface area contributed by atoms with E-state index in [1.807, 2.05) is 26.8 Å². The molecule has 0 saturated carbocycles. The zero-order valence-corrected chi connectivity index (χ0v) is 15.6.